The largest absolute Gasteiger partial charge is 0.465 e. The number of carbonyl (C=O) groups is 2. The summed E-state index contributed by atoms with van der Waals surface area (Å²) in [5.41, 5.74) is 1.25. The first-order chi connectivity index (χ1) is 11.3. The number of halogens is 2. The molecule has 1 aromatic rings. The van der Waals surface area contributed by atoms with Gasteiger partial charge in [0.25, 0.3) is 5.92 Å². The Hall–Kier alpha value is -2.05. The van der Waals surface area contributed by atoms with Crippen molar-refractivity contribution >= 4 is 17.6 Å². The maximum atomic E-state index is 13.8. The fourth-order valence-corrected chi connectivity index (χ4v) is 3.30. The zero-order valence-electron chi connectivity index (χ0n) is 13.8. The number of hydrogen-bond acceptors (Lipinski definition) is 5. The van der Waals surface area contributed by atoms with Crippen LogP contribution in [0.1, 0.15) is 52.6 Å². The van der Waals surface area contributed by atoms with Gasteiger partial charge < -0.3 is 9.64 Å². The standard InChI is InChI=1S/C17H20F2N2O3/c1-10-9-21(7-6-17(10,18)19)15-12(16(23)24-2)8-11-13(20-15)4-3-5-14(11)22/h8,10H,3-7,9H2,1-2H3. The molecular weight excluding hydrogens is 318 g/mol. The van der Waals surface area contributed by atoms with Crippen molar-refractivity contribution < 1.29 is 23.1 Å². The fourth-order valence-electron chi connectivity index (χ4n) is 3.30. The van der Waals surface area contributed by atoms with E-state index in [1.807, 2.05) is 0 Å². The average molecular weight is 338 g/mol. The molecule has 1 fully saturated rings. The predicted molar refractivity (Wildman–Crippen MR) is 83.8 cm³/mol. The molecule has 130 valence electrons. The number of anilines is 1. The second-order valence-electron chi connectivity index (χ2n) is 6.48. The lowest BCUT2D eigenvalue weighted by Crippen LogP contribution is -2.46. The lowest BCUT2D eigenvalue weighted by atomic mass is 9.92. The highest BCUT2D eigenvalue weighted by molar-refractivity contribution is 6.02. The summed E-state index contributed by atoms with van der Waals surface area (Å²) in [5, 5.41) is 0. The molecule has 0 radical (unpaired) electrons. The zero-order valence-corrected chi connectivity index (χ0v) is 13.8. The monoisotopic (exact) mass is 338 g/mol. The second kappa shape index (κ2) is 6.11. The molecule has 1 unspecified atom stereocenters. The highest BCUT2D eigenvalue weighted by Crippen LogP contribution is 2.36. The van der Waals surface area contributed by atoms with Crippen LogP contribution in [0.4, 0.5) is 14.6 Å². The van der Waals surface area contributed by atoms with Gasteiger partial charge in [-0.1, -0.05) is 6.92 Å². The van der Waals surface area contributed by atoms with Crippen LogP contribution in [0.5, 0.6) is 0 Å². The van der Waals surface area contributed by atoms with Crippen molar-refractivity contribution in [3.05, 3.63) is 22.9 Å². The number of piperidine rings is 1. The molecule has 1 saturated heterocycles. The van der Waals surface area contributed by atoms with Crippen LogP contribution in [0, 0.1) is 5.92 Å². The summed E-state index contributed by atoms with van der Waals surface area (Å²) in [6.07, 6.45) is 1.51. The van der Waals surface area contributed by atoms with Crippen LogP contribution < -0.4 is 4.90 Å². The highest BCUT2D eigenvalue weighted by Gasteiger charge is 2.42. The smallest absolute Gasteiger partial charge is 0.341 e. The molecule has 1 aromatic heterocycles. The normalized spacial score (nSPS) is 22.9. The number of aromatic nitrogens is 1. The Labute approximate surface area is 139 Å². The van der Waals surface area contributed by atoms with Crippen LogP contribution in [-0.4, -0.2) is 42.9 Å². The fraction of sp³-hybridized carbons (Fsp3) is 0.588. The lowest BCUT2D eigenvalue weighted by Gasteiger charge is -2.38. The molecule has 0 amide bonds. The minimum Gasteiger partial charge on any atom is -0.465 e. The van der Waals surface area contributed by atoms with Crippen LogP contribution >= 0.6 is 0 Å². The van der Waals surface area contributed by atoms with Gasteiger partial charge in [-0.2, -0.15) is 0 Å². The van der Waals surface area contributed by atoms with E-state index in [0.29, 0.717) is 36.3 Å². The maximum Gasteiger partial charge on any atom is 0.341 e. The van der Waals surface area contributed by atoms with Gasteiger partial charge in [-0.25, -0.2) is 18.6 Å². The topological polar surface area (TPSA) is 59.5 Å². The molecule has 2 aliphatic rings. The number of aryl methyl sites for hydroxylation is 1. The Balaban J connectivity index is 2.03. The third-order valence-electron chi connectivity index (χ3n) is 4.83. The third kappa shape index (κ3) is 2.87. The molecule has 0 aromatic carbocycles. The number of fused-ring (bicyclic) bond motifs is 1. The van der Waals surface area contributed by atoms with E-state index in [1.54, 1.807) is 4.90 Å². The maximum absolute atomic E-state index is 13.8. The van der Waals surface area contributed by atoms with Crippen molar-refractivity contribution in [3.8, 4) is 0 Å². The Kier molecular flexibility index (Phi) is 4.27. The van der Waals surface area contributed by atoms with Gasteiger partial charge in [0, 0.05) is 37.4 Å². The predicted octanol–water partition coefficient (Wildman–Crippen LogP) is 2.87. The Bertz CT molecular complexity index is 691. The number of alkyl halides is 2. The number of methoxy groups -OCH3 is 1. The second-order valence-corrected chi connectivity index (χ2v) is 6.48. The summed E-state index contributed by atoms with van der Waals surface area (Å²) in [6.45, 7) is 1.71. The number of nitrogens with zero attached hydrogens (tertiary/aromatic N) is 2. The van der Waals surface area contributed by atoms with Crippen LogP contribution in [0.25, 0.3) is 0 Å². The number of ketones is 1. The van der Waals surface area contributed by atoms with Crippen molar-refractivity contribution in [2.45, 2.75) is 38.5 Å². The molecule has 3 rings (SSSR count). The first-order valence-electron chi connectivity index (χ1n) is 8.11. The summed E-state index contributed by atoms with van der Waals surface area (Å²) in [6, 6.07) is 1.52. The molecular formula is C17H20F2N2O3. The molecule has 1 atom stereocenters. The van der Waals surface area contributed by atoms with Crippen LogP contribution in [-0.2, 0) is 11.2 Å². The lowest BCUT2D eigenvalue weighted by molar-refractivity contribution is -0.0652. The number of Topliss-reactive ketones (excluding diaryl/α,β-unsaturated/α-hetero) is 1. The van der Waals surface area contributed by atoms with Gasteiger partial charge in [0.05, 0.1) is 12.8 Å². The summed E-state index contributed by atoms with van der Waals surface area (Å²) >= 11 is 0. The molecule has 5 nitrogen and oxygen atoms in total. The first kappa shape index (κ1) is 16.8. The average Bonchev–Trinajstić information content (AvgIpc) is 2.56. The molecule has 0 saturated carbocycles. The molecule has 0 N–H and O–H groups in total. The highest BCUT2D eigenvalue weighted by atomic mass is 19.3. The molecule has 24 heavy (non-hydrogen) atoms. The zero-order chi connectivity index (χ0) is 17.5. The van der Waals surface area contributed by atoms with E-state index < -0.39 is 17.8 Å². The third-order valence-corrected chi connectivity index (χ3v) is 4.83. The van der Waals surface area contributed by atoms with Crippen molar-refractivity contribution in [2.24, 2.45) is 5.92 Å². The molecule has 0 spiro atoms. The van der Waals surface area contributed by atoms with E-state index in [0.717, 1.165) is 0 Å². The number of carbonyl (C=O) groups excluding carboxylic acids is 2. The first-order valence-corrected chi connectivity index (χ1v) is 8.11. The van der Waals surface area contributed by atoms with Gasteiger partial charge in [0.2, 0.25) is 0 Å². The van der Waals surface area contributed by atoms with Gasteiger partial charge in [0.1, 0.15) is 11.4 Å². The van der Waals surface area contributed by atoms with E-state index in [2.05, 4.69) is 4.98 Å². The molecule has 2 heterocycles. The van der Waals surface area contributed by atoms with Gasteiger partial charge in [0.15, 0.2) is 5.78 Å². The number of esters is 1. The summed E-state index contributed by atoms with van der Waals surface area (Å²) in [7, 11) is 1.25. The Morgan fingerprint density at radius 2 is 2.17 bits per heavy atom. The summed E-state index contributed by atoms with van der Waals surface area (Å²) < 4.78 is 32.3. The van der Waals surface area contributed by atoms with Crippen molar-refractivity contribution in [1.82, 2.24) is 4.98 Å². The number of rotatable bonds is 2. The number of hydrogen-bond donors (Lipinski definition) is 0. The van der Waals surface area contributed by atoms with Crippen molar-refractivity contribution in [1.29, 1.82) is 0 Å². The van der Waals surface area contributed by atoms with Crippen LogP contribution in [0.2, 0.25) is 0 Å². The Morgan fingerprint density at radius 1 is 1.42 bits per heavy atom. The summed E-state index contributed by atoms with van der Waals surface area (Å²) in [4.78, 5) is 30.4. The summed E-state index contributed by atoms with van der Waals surface area (Å²) in [5.74, 6) is -3.86. The van der Waals surface area contributed by atoms with Crippen LogP contribution in [0.15, 0.2) is 6.07 Å². The Morgan fingerprint density at radius 3 is 2.83 bits per heavy atom. The van der Waals surface area contributed by atoms with Gasteiger partial charge in [-0.15, -0.1) is 0 Å². The van der Waals surface area contributed by atoms with E-state index in [-0.39, 0.29) is 30.9 Å². The molecule has 0 bridgehead atoms. The molecule has 1 aliphatic heterocycles. The van der Waals surface area contributed by atoms with Crippen LogP contribution in [0.3, 0.4) is 0 Å². The van der Waals surface area contributed by atoms with Gasteiger partial charge in [-0.05, 0) is 18.9 Å². The van der Waals surface area contributed by atoms with E-state index in [1.165, 1.54) is 20.1 Å². The van der Waals surface area contributed by atoms with Crippen molar-refractivity contribution in [2.75, 3.05) is 25.1 Å². The van der Waals surface area contributed by atoms with Gasteiger partial charge >= 0.3 is 5.97 Å². The quantitative estimate of drug-likeness (QED) is 0.776. The minimum absolute atomic E-state index is 0.0426. The van der Waals surface area contributed by atoms with Gasteiger partial charge in [-0.3, -0.25) is 4.79 Å². The molecule has 1 aliphatic carbocycles. The minimum atomic E-state index is -2.72. The van der Waals surface area contributed by atoms with E-state index in [4.69, 9.17) is 4.74 Å². The molecule has 7 heteroatoms. The number of ether oxygens (including phenoxy) is 1. The van der Waals surface area contributed by atoms with E-state index in [9.17, 15) is 18.4 Å². The SMILES string of the molecule is COC(=O)c1cc2c(nc1N1CCC(F)(F)C(C)C1)CCCC2=O. The number of pyridine rings is 1. The van der Waals surface area contributed by atoms with Crippen molar-refractivity contribution in [3.63, 3.8) is 0 Å². The van der Waals surface area contributed by atoms with E-state index >= 15 is 0 Å².